The van der Waals surface area contributed by atoms with E-state index in [4.69, 9.17) is 10.5 Å². The molecule has 426 valence electrons. The summed E-state index contributed by atoms with van der Waals surface area (Å²) >= 11 is 0. The average Bonchev–Trinajstić information content (AvgIpc) is 3.38. The molecule has 2 aromatic carbocycles. The Morgan fingerprint density at radius 1 is 0.692 bits per heavy atom. The highest BCUT2D eigenvalue weighted by Gasteiger charge is 2.40. The Bertz CT molecular complexity index is 2510. The zero-order valence-electron chi connectivity index (χ0n) is 46.6. The number of allylic oxidation sites excluding steroid dienone is 1. The minimum atomic E-state index is -1.79. The van der Waals surface area contributed by atoms with Gasteiger partial charge in [0.05, 0.1) is 19.5 Å². The van der Waals surface area contributed by atoms with Gasteiger partial charge in [0.25, 0.3) is 0 Å². The van der Waals surface area contributed by atoms with Gasteiger partial charge in [-0.05, 0) is 66.7 Å². The van der Waals surface area contributed by atoms with Gasteiger partial charge in [0, 0.05) is 19.5 Å². The van der Waals surface area contributed by atoms with E-state index in [1.54, 1.807) is 97.9 Å². The molecule has 0 aromatic heterocycles. The van der Waals surface area contributed by atoms with Crippen molar-refractivity contribution in [2.75, 3.05) is 20.1 Å². The number of nitrogens with one attached hydrogen (secondary N) is 8. The molecule has 0 unspecified atom stereocenters. The second-order valence-corrected chi connectivity index (χ2v) is 20.6. The fourth-order valence-electron chi connectivity index (χ4n) is 8.32. The Morgan fingerprint density at radius 3 is 1.83 bits per heavy atom. The van der Waals surface area contributed by atoms with Crippen LogP contribution in [0.2, 0.25) is 0 Å². The van der Waals surface area contributed by atoms with Crippen molar-refractivity contribution in [1.82, 2.24) is 47.4 Å². The van der Waals surface area contributed by atoms with Crippen molar-refractivity contribution in [1.29, 1.82) is 0 Å². The summed E-state index contributed by atoms with van der Waals surface area (Å²) in [5, 5.41) is 20.5. The zero-order chi connectivity index (χ0) is 58.4. The summed E-state index contributed by atoms with van der Waals surface area (Å²) in [6, 6.07) is 5.75. The van der Waals surface area contributed by atoms with Crippen LogP contribution in [-0.4, -0.2) is 138 Å². The predicted octanol–water partition coefficient (Wildman–Crippen LogP) is 1.17. The average molecular weight is 1090 g/mol. The molecule has 22 heteroatoms. The number of benzene rings is 2. The zero-order valence-corrected chi connectivity index (χ0v) is 46.6. The van der Waals surface area contributed by atoms with E-state index in [1.165, 1.54) is 20.0 Å². The van der Waals surface area contributed by atoms with Crippen LogP contribution < -0.4 is 48.3 Å². The van der Waals surface area contributed by atoms with E-state index in [0.29, 0.717) is 17.5 Å². The Balaban J connectivity index is 2.22. The van der Waals surface area contributed by atoms with Gasteiger partial charge < -0.3 is 57.9 Å². The summed E-state index contributed by atoms with van der Waals surface area (Å²) in [5.41, 5.74) is 7.68. The monoisotopic (exact) mass is 1080 g/mol. The van der Waals surface area contributed by atoms with Crippen LogP contribution in [0.15, 0.2) is 66.7 Å². The van der Waals surface area contributed by atoms with Gasteiger partial charge in [0.15, 0.2) is 0 Å². The largest absolute Gasteiger partial charge is 0.458 e. The minimum Gasteiger partial charge on any atom is -0.458 e. The molecule has 2 aromatic rings. The highest BCUT2D eigenvalue weighted by molar-refractivity contribution is 6.00. The predicted molar refractivity (Wildman–Crippen MR) is 292 cm³/mol. The number of nitrogens with two attached hydrogens (primary N) is 1. The summed E-state index contributed by atoms with van der Waals surface area (Å²) in [4.78, 5) is 154. The van der Waals surface area contributed by atoms with Crippen LogP contribution in [0.25, 0.3) is 12.2 Å². The standard InChI is InChI=1S/C56H80N10O12/c1-12-19-37-22-17-18-23-38(37)24-25-43(68)62-49-35(10)78-56(77)40(26-31(3)4)61-53(74)47(33(7)8)63-45(70)30-58-44(69)29-59-52(73)46(32(5)6)64-51(72)41(27-36-20-15-14-16-21-36)66(11)55(76)48(34(9)13-2)65-50(71)39(28-42(57)67)60-54(49)75/h12,14-25,31-35,39-41,46-49H,13,26-30H2,1-11H3,(H2,57,67)(H,58,69)(H,59,73)(H,60,75)(H,61,74)(H,62,68)(H,63,70)(H,64,72)(H,65,71)/b19-12+,25-24+/t34-,35-,39-,40+,41+,46-,47+,48+,49-/m1/s1. The molecule has 0 aliphatic carbocycles. The lowest BCUT2D eigenvalue weighted by molar-refractivity contribution is -0.156. The number of cyclic esters (lactones) is 1. The first-order valence-corrected chi connectivity index (χ1v) is 26.3. The number of hydrogen-bond acceptors (Lipinski definition) is 12. The van der Waals surface area contributed by atoms with Crippen molar-refractivity contribution in [2.24, 2.45) is 29.4 Å². The third-order valence-electron chi connectivity index (χ3n) is 13.0. The smallest absolute Gasteiger partial charge is 0.328 e. The second-order valence-electron chi connectivity index (χ2n) is 20.6. The van der Waals surface area contributed by atoms with E-state index in [1.807, 2.05) is 31.2 Å². The van der Waals surface area contributed by atoms with E-state index in [-0.39, 0.29) is 18.8 Å². The number of rotatable bonds is 14. The molecule has 22 nitrogen and oxygen atoms in total. The number of hydrogen-bond donors (Lipinski definition) is 9. The third-order valence-corrected chi connectivity index (χ3v) is 13.0. The molecule has 1 saturated heterocycles. The maximum atomic E-state index is 14.8. The summed E-state index contributed by atoms with van der Waals surface area (Å²) in [7, 11) is 1.35. The first-order valence-electron chi connectivity index (χ1n) is 26.3. The lowest BCUT2D eigenvalue weighted by Crippen LogP contribution is -2.62. The number of carbonyl (C=O) groups is 11. The Kier molecular flexibility index (Phi) is 25.9. The molecule has 0 bridgehead atoms. The molecule has 10 amide bonds. The molecule has 10 N–H and O–H groups in total. The quantitative estimate of drug-likeness (QED) is 0.0952. The maximum Gasteiger partial charge on any atom is 0.328 e. The van der Waals surface area contributed by atoms with Crippen LogP contribution in [0.5, 0.6) is 0 Å². The van der Waals surface area contributed by atoms with Gasteiger partial charge >= 0.3 is 5.97 Å². The molecule has 1 aliphatic heterocycles. The van der Waals surface area contributed by atoms with E-state index in [0.717, 1.165) is 16.5 Å². The highest BCUT2D eigenvalue weighted by atomic mass is 16.5. The second kappa shape index (κ2) is 31.3. The summed E-state index contributed by atoms with van der Waals surface area (Å²) in [6.45, 7) is 15.4. The van der Waals surface area contributed by atoms with Crippen molar-refractivity contribution in [3.8, 4) is 0 Å². The molecule has 78 heavy (non-hydrogen) atoms. The summed E-state index contributed by atoms with van der Waals surface area (Å²) < 4.78 is 5.84. The normalized spacial score (nSPS) is 24.0. The number of carbonyl (C=O) groups excluding carboxylic acids is 11. The Morgan fingerprint density at radius 2 is 1.26 bits per heavy atom. The topological polar surface area (TPSA) is 322 Å². The van der Waals surface area contributed by atoms with Gasteiger partial charge in [0.1, 0.15) is 48.4 Å². The fraction of sp³-hybridized carbons (Fsp3) is 0.518. The first kappa shape index (κ1) is 64.4. The number of primary amides is 1. The summed E-state index contributed by atoms with van der Waals surface area (Å²) in [5.74, 6) is -11.7. The maximum absolute atomic E-state index is 14.8. The van der Waals surface area contributed by atoms with Gasteiger partial charge in [-0.15, -0.1) is 0 Å². The van der Waals surface area contributed by atoms with Crippen molar-refractivity contribution < 1.29 is 57.5 Å². The van der Waals surface area contributed by atoms with E-state index in [2.05, 4.69) is 42.5 Å². The van der Waals surface area contributed by atoms with Crippen LogP contribution in [-0.2, 0) is 63.9 Å². The third kappa shape index (κ3) is 20.2. The van der Waals surface area contributed by atoms with Crippen LogP contribution in [0.3, 0.4) is 0 Å². The first-order chi connectivity index (χ1) is 36.8. The van der Waals surface area contributed by atoms with Crippen molar-refractivity contribution >= 4 is 77.2 Å². The molecule has 0 saturated carbocycles. The van der Waals surface area contributed by atoms with E-state index >= 15 is 0 Å². The van der Waals surface area contributed by atoms with Crippen LogP contribution in [0, 0.1) is 23.7 Å². The lowest BCUT2D eigenvalue weighted by Gasteiger charge is -2.35. The van der Waals surface area contributed by atoms with Gasteiger partial charge in [-0.25, -0.2) is 4.79 Å². The number of esters is 1. The van der Waals surface area contributed by atoms with Crippen molar-refractivity contribution in [2.45, 2.75) is 143 Å². The van der Waals surface area contributed by atoms with Gasteiger partial charge in [0.2, 0.25) is 59.1 Å². The number of nitrogens with zero attached hydrogens (tertiary/aromatic N) is 1. The van der Waals surface area contributed by atoms with Gasteiger partial charge in [-0.2, -0.15) is 0 Å². The minimum absolute atomic E-state index is 0.00979. The summed E-state index contributed by atoms with van der Waals surface area (Å²) in [6.07, 6.45) is 4.19. The number of likely N-dealkylation sites (N-methyl/N-ethyl adjacent to an activating group) is 1. The molecule has 0 spiro atoms. The SMILES string of the molecule is C/C=C/c1ccccc1/C=C/C(=O)N[C@H]1C(=O)N[C@H](CC(N)=O)C(=O)N[C@@H]([C@H](C)CC)C(=O)N(C)[C@@H](Cc2ccccc2)C(=O)N[C@H](C(C)C)C(=O)NCC(=O)NCC(=O)N[C@@H](C(C)C)C(=O)N[C@@H](CC(C)C)C(=O)O[C@@H]1C. The number of amides is 10. The molecular formula is C56H80N10O12. The fourth-order valence-corrected chi connectivity index (χ4v) is 8.32. The van der Waals surface area contributed by atoms with E-state index < -0.39 is 151 Å². The van der Waals surface area contributed by atoms with E-state index in [9.17, 15) is 52.7 Å². The molecule has 3 rings (SSSR count). The van der Waals surface area contributed by atoms with Crippen LogP contribution >= 0.6 is 0 Å². The van der Waals surface area contributed by atoms with Crippen LogP contribution in [0.1, 0.15) is 105 Å². The Hall–Kier alpha value is -7.91. The molecule has 1 fully saturated rings. The van der Waals surface area contributed by atoms with Crippen LogP contribution in [0.4, 0.5) is 0 Å². The molecule has 1 aliphatic rings. The molecule has 0 radical (unpaired) electrons. The molecule has 1 heterocycles. The lowest BCUT2D eigenvalue weighted by atomic mass is 9.95. The number of ether oxygens (including phenoxy) is 1. The van der Waals surface area contributed by atoms with Gasteiger partial charge in [-0.1, -0.05) is 129 Å². The van der Waals surface area contributed by atoms with Gasteiger partial charge in [-0.3, -0.25) is 47.9 Å². The van der Waals surface area contributed by atoms with Crippen molar-refractivity contribution in [3.05, 3.63) is 83.4 Å². The molecule has 9 atom stereocenters. The van der Waals surface area contributed by atoms with Crippen molar-refractivity contribution in [3.63, 3.8) is 0 Å². The molecular weight excluding hydrogens is 1000 g/mol. The highest BCUT2D eigenvalue weighted by Crippen LogP contribution is 2.18. The Labute approximate surface area is 457 Å².